The van der Waals surface area contributed by atoms with Crippen LogP contribution in [0.1, 0.15) is 58.8 Å². The van der Waals surface area contributed by atoms with Gasteiger partial charge in [-0.15, -0.1) is 0 Å². The summed E-state index contributed by atoms with van der Waals surface area (Å²) < 4.78 is 0. The molecule has 6 nitrogen and oxygen atoms in total. The molecule has 0 aliphatic carbocycles. The third-order valence-corrected chi connectivity index (χ3v) is 5.49. The molecule has 26 heavy (non-hydrogen) atoms. The first kappa shape index (κ1) is 16.8. The van der Waals surface area contributed by atoms with Crippen molar-refractivity contribution < 1.29 is 4.79 Å². The minimum Gasteiger partial charge on any atom is -0.342 e. The lowest BCUT2D eigenvalue weighted by Gasteiger charge is -2.31. The van der Waals surface area contributed by atoms with Gasteiger partial charge in [0.25, 0.3) is 5.91 Å². The molecule has 1 aliphatic heterocycles. The standard InChI is InChI=1S/C20H25N5O/c1-4-15-13(3)18(24-23-15)20(26)25-10-6-8-14(11-25)19-21-16-9-5-7-12(2)17(16)22-19/h5,7,9,14H,4,6,8,10-11H2,1-3H3,(H,21,22)(H,23,24)/t14-/m0/s1. The maximum atomic E-state index is 13.0. The minimum atomic E-state index is 0.0236. The topological polar surface area (TPSA) is 77.7 Å². The molecule has 0 radical (unpaired) electrons. The Hall–Kier alpha value is -2.63. The van der Waals surface area contributed by atoms with Crippen LogP contribution in [0.2, 0.25) is 0 Å². The fourth-order valence-electron chi connectivity index (χ4n) is 3.91. The molecule has 0 unspecified atom stereocenters. The van der Waals surface area contributed by atoms with Gasteiger partial charge in [0.2, 0.25) is 0 Å². The van der Waals surface area contributed by atoms with Crippen LogP contribution in [0.3, 0.4) is 0 Å². The molecule has 136 valence electrons. The minimum absolute atomic E-state index is 0.0236. The van der Waals surface area contributed by atoms with Crippen molar-refractivity contribution in [3.8, 4) is 0 Å². The normalized spacial score (nSPS) is 17.8. The number of amides is 1. The molecule has 1 atom stereocenters. The van der Waals surface area contributed by atoms with Crippen molar-refractivity contribution in [3.05, 3.63) is 46.5 Å². The van der Waals surface area contributed by atoms with Gasteiger partial charge in [0, 0.05) is 30.3 Å². The zero-order chi connectivity index (χ0) is 18.3. The van der Waals surface area contributed by atoms with Crippen molar-refractivity contribution in [1.29, 1.82) is 0 Å². The number of para-hydroxylation sites is 1. The van der Waals surface area contributed by atoms with Gasteiger partial charge in [0.1, 0.15) is 5.82 Å². The van der Waals surface area contributed by atoms with Crippen molar-refractivity contribution in [2.45, 2.75) is 46.0 Å². The molecule has 1 saturated heterocycles. The number of hydrogen-bond donors (Lipinski definition) is 2. The Morgan fingerprint density at radius 2 is 2.19 bits per heavy atom. The summed E-state index contributed by atoms with van der Waals surface area (Å²) in [6.07, 6.45) is 2.88. The Bertz CT molecular complexity index is 954. The molecular weight excluding hydrogens is 326 g/mol. The lowest BCUT2D eigenvalue weighted by atomic mass is 9.97. The number of rotatable bonds is 3. The molecule has 0 spiro atoms. The maximum Gasteiger partial charge on any atom is 0.274 e. The summed E-state index contributed by atoms with van der Waals surface area (Å²) in [5.74, 6) is 1.25. The zero-order valence-electron chi connectivity index (χ0n) is 15.6. The second-order valence-corrected chi connectivity index (χ2v) is 7.21. The van der Waals surface area contributed by atoms with Gasteiger partial charge in [0.15, 0.2) is 5.69 Å². The average molecular weight is 351 g/mol. The van der Waals surface area contributed by atoms with E-state index in [2.05, 4.69) is 41.2 Å². The summed E-state index contributed by atoms with van der Waals surface area (Å²) in [4.78, 5) is 23.2. The van der Waals surface area contributed by atoms with E-state index < -0.39 is 0 Å². The number of carbonyl (C=O) groups is 1. The van der Waals surface area contributed by atoms with Crippen molar-refractivity contribution >= 4 is 16.9 Å². The van der Waals surface area contributed by atoms with Crippen LogP contribution in [0.5, 0.6) is 0 Å². The molecule has 1 aliphatic rings. The number of aromatic nitrogens is 4. The zero-order valence-corrected chi connectivity index (χ0v) is 15.6. The van der Waals surface area contributed by atoms with Gasteiger partial charge in [0.05, 0.1) is 11.0 Å². The fourth-order valence-corrected chi connectivity index (χ4v) is 3.91. The Morgan fingerprint density at radius 1 is 1.35 bits per heavy atom. The van der Waals surface area contributed by atoms with Gasteiger partial charge in [-0.25, -0.2) is 4.98 Å². The molecule has 2 aromatic heterocycles. The highest BCUT2D eigenvalue weighted by Gasteiger charge is 2.29. The first-order chi connectivity index (χ1) is 12.6. The van der Waals surface area contributed by atoms with Gasteiger partial charge in [-0.3, -0.25) is 9.89 Å². The number of carbonyl (C=O) groups excluding carboxylic acids is 1. The van der Waals surface area contributed by atoms with E-state index in [0.717, 1.165) is 53.9 Å². The van der Waals surface area contributed by atoms with E-state index in [4.69, 9.17) is 4.98 Å². The maximum absolute atomic E-state index is 13.0. The van der Waals surface area contributed by atoms with Crippen LogP contribution in [0.15, 0.2) is 18.2 Å². The van der Waals surface area contributed by atoms with E-state index in [-0.39, 0.29) is 11.8 Å². The fraction of sp³-hybridized carbons (Fsp3) is 0.450. The smallest absolute Gasteiger partial charge is 0.274 e. The predicted molar refractivity (Wildman–Crippen MR) is 101 cm³/mol. The molecule has 6 heteroatoms. The van der Waals surface area contributed by atoms with Crippen molar-refractivity contribution in [2.24, 2.45) is 0 Å². The number of benzene rings is 1. The number of nitrogens with one attached hydrogen (secondary N) is 2. The molecule has 3 heterocycles. The summed E-state index contributed by atoms with van der Waals surface area (Å²) in [6.45, 7) is 7.58. The van der Waals surface area contributed by atoms with Crippen LogP contribution in [0.25, 0.3) is 11.0 Å². The number of nitrogens with zero attached hydrogens (tertiary/aromatic N) is 3. The molecule has 0 saturated carbocycles. The predicted octanol–water partition coefficient (Wildman–Crippen LogP) is 3.49. The van der Waals surface area contributed by atoms with Crippen LogP contribution in [0, 0.1) is 13.8 Å². The van der Waals surface area contributed by atoms with Gasteiger partial charge in [-0.1, -0.05) is 19.1 Å². The van der Waals surface area contributed by atoms with E-state index in [9.17, 15) is 4.79 Å². The van der Waals surface area contributed by atoms with Crippen molar-refractivity contribution in [2.75, 3.05) is 13.1 Å². The van der Waals surface area contributed by atoms with E-state index in [1.54, 1.807) is 0 Å². The Labute approximate surface area is 153 Å². The molecular formula is C20H25N5O. The number of imidazole rings is 1. The first-order valence-electron chi connectivity index (χ1n) is 9.36. The van der Waals surface area contributed by atoms with E-state index in [1.165, 1.54) is 5.56 Å². The number of H-pyrrole nitrogens is 2. The van der Waals surface area contributed by atoms with Gasteiger partial charge < -0.3 is 9.88 Å². The number of fused-ring (bicyclic) bond motifs is 1. The van der Waals surface area contributed by atoms with E-state index in [1.807, 2.05) is 17.9 Å². The highest BCUT2D eigenvalue weighted by Crippen LogP contribution is 2.28. The number of aryl methyl sites for hydroxylation is 2. The average Bonchev–Trinajstić information content (AvgIpc) is 3.25. The van der Waals surface area contributed by atoms with Crippen molar-refractivity contribution in [1.82, 2.24) is 25.1 Å². The Kier molecular flexibility index (Phi) is 4.26. The summed E-state index contributed by atoms with van der Waals surface area (Å²) in [7, 11) is 0. The third kappa shape index (κ3) is 2.79. The van der Waals surface area contributed by atoms with Crippen LogP contribution in [0.4, 0.5) is 0 Å². The largest absolute Gasteiger partial charge is 0.342 e. The summed E-state index contributed by atoms with van der Waals surface area (Å²) in [5.41, 5.74) is 5.84. The third-order valence-electron chi connectivity index (χ3n) is 5.49. The molecule has 1 aromatic carbocycles. The van der Waals surface area contributed by atoms with Crippen molar-refractivity contribution in [3.63, 3.8) is 0 Å². The van der Waals surface area contributed by atoms with Gasteiger partial charge in [-0.05, 0) is 44.7 Å². The second kappa shape index (κ2) is 6.59. The van der Waals surface area contributed by atoms with Gasteiger partial charge in [-0.2, -0.15) is 5.10 Å². The molecule has 3 aromatic rings. The Balaban J connectivity index is 1.57. The lowest BCUT2D eigenvalue weighted by Crippen LogP contribution is -2.39. The molecule has 1 fully saturated rings. The quantitative estimate of drug-likeness (QED) is 0.758. The Morgan fingerprint density at radius 3 is 2.92 bits per heavy atom. The second-order valence-electron chi connectivity index (χ2n) is 7.21. The van der Waals surface area contributed by atoms with Gasteiger partial charge >= 0.3 is 0 Å². The molecule has 0 bridgehead atoms. The highest BCUT2D eigenvalue weighted by molar-refractivity contribution is 5.94. The van der Waals surface area contributed by atoms with E-state index >= 15 is 0 Å². The highest BCUT2D eigenvalue weighted by atomic mass is 16.2. The summed E-state index contributed by atoms with van der Waals surface area (Å²) in [5, 5.41) is 7.26. The number of piperidine rings is 1. The number of aromatic amines is 2. The SMILES string of the molecule is CCc1[nH]nc(C(=O)N2CCC[C@H](c3nc4c(C)cccc4[nH]3)C2)c1C. The molecule has 1 amide bonds. The van der Waals surface area contributed by atoms with E-state index in [0.29, 0.717) is 12.2 Å². The molecule has 4 rings (SSSR count). The number of hydrogen-bond acceptors (Lipinski definition) is 3. The van der Waals surface area contributed by atoms with Crippen LogP contribution >= 0.6 is 0 Å². The number of likely N-dealkylation sites (tertiary alicyclic amines) is 1. The molecule has 2 N–H and O–H groups in total. The lowest BCUT2D eigenvalue weighted by molar-refractivity contribution is 0.0698. The summed E-state index contributed by atoms with van der Waals surface area (Å²) in [6, 6.07) is 6.18. The first-order valence-corrected chi connectivity index (χ1v) is 9.36. The monoisotopic (exact) mass is 351 g/mol. The summed E-state index contributed by atoms with van der Waals surface area (Å²) >= 11 is 0. The van der Waals surface area contributed by atoms with Crippen LogP contribution < -0.4 is 0 Å². The van der Waals surface area contributed by atoms with Crippen LogP contribution in [-0.2, 0) is 6.42 Å². The van der Waals surface area contributed by atoms with Crippen LogP contribution in [-0.4, -0.2) is 44.1 Å².